The van der Waals surface area contributed by atoms with Crippen molar-refractivity contribution in [2.45, 2.75) is 33.1 Å². The van der Waals surface area contributed by atoms with E-state index in [0.717, 1.165) is 45.6 Å². The highest BCUT2D eigenvalue weighted by Crippen LogP contribution is 2.21. The first-order chi connectivity index (χ1) is 9.35. The Balaban J connectivity index is 2.16. The number of aryl methyl sites for hydroxylation is 1. The molecule has 0 bridgehead atoms. The molecule has 0 radical (unpaired) electrons. The predicted octanol–water partition coefficient (Wildman–Crippen LogP) is 3.12. The van der Waals surface area contributed by atoms with Crippen LogP contribution in [0.15, 0.2) is 24.4 Å². The summed E-state index contributed by atoms with van der Waals surface area (Å²) in [5.74, 6) is 0. The Kier molecular flexibility index (Phi) is 5.40. The number of hydrogen-bond donors (Lipinski definition) is 0. The largest absolute Gasteiger partial charge is 0.378 e. The van der Waals surface area contributed by atoms with Crippen molar-refractivity contribution >= 4 is 5.70 Å². The summed E-state index contributed by atoms with van der Waals surface area (Å²) in [6, 6.07) is 4.36. The van der Waals surface area contributed by atoms with Gasteiger partial charge in [-0.15, -0.1) is 0 Å². The van der Waals surface area contributed by atoms with Gasteiger partial charge < -0.3 is 9.64 Å². The van der Waals surface area contributed by atoms with Gasteiger partial charge in [0.15, 0.2) is 0 Å². The van der Waals surface area contributed by atoms with E-state index in [9.17, 15) is 0 Å². The van der Waals surface area contributed by atoms with Crippen molar-refractivity contribution in [2.24, 2.45) is 0 Å². The molecule has 0 amide bonds. The summed E-state index contributed by atoms with van der Waals surface area (Å²) in [7, 11) is 0. The molecule has 0 atom stereocenters. The van der Waals surface area contributed by atoms with Gasteiger partial charge in [-0.25, -0.2) is 0 Å². The molecule has 19 heavy (non-hydrogen) atoms. The van der Waals surface area contributed by atoms with E-state index in [-0.39, 0.29) is 0 Å². The third-order valence-electron chi connectivity index (χ3n) is 3.38. The quantitative estimate of drug-likeness (QED) is 0.813. The van der Waals surface area contributed by atoms with E-state index in [1.54, 1.807) is 0 Å². The smallest absolute Gasteiger partial charge is 0.0642 e. The summed E-state index contributed by atoms with van der Waals surface area (Å²) < 4.78 is 5.43. The van der Waals surface area contributed by atoms with Gasteiger partial charge in [-0.2, -0.15) is 0 Å². The van der Waals surface area contributed by atoms with Crippen LogP contribution in [0.3, 0.4) is 0 Å². The highest BCUT2D eigenvalue weighted by molar-refractivity contribution is 5.63. The molecular weight excluding hydrogens is 236 g/mol. The molecule has 1 aliphatic rings. The molecule has 3 nitrogen and oxygen atoms in total. The molecule has 0 N–H and O–H groups in total. The summed E-state index contributed by atoms with van der Waals surface area (Å²) in [4.78, 5) is 6.97. The number of allylic oxidation sites excluding steroid dienone is 1. The summed E-state index contributed by atoms with van der Waals surface area (Å²) in [6.07, 6.45) is 7.56. The van der Waals surface area contributed by atoms with Crippen molar-refractivity contribution in [1.82, 2.24) is 9.88 Å². The molecule has 1 saturated heterocycles. The Morgan fingerprint density at radius 3 is 2.68 bits per heavy atom. The number of pyridine rings is 1. The summed E-state index contributed by atoms with van der Waals surface area (Å²) in [5.41, 5.74) is 3.72. The number of ether oxygens (including phenoxy) is 1. The van der Waals surface area contributed by atoms with Crippen LogP contribution in [-0.2, 0) is 11.2 Å². The first-order valence-electron chi connectivity index (χ1n) is 7.33. The minimum atomic E-state index is 0.822. The highest BCUT2D eigenvalue weighted by atomic mass is 16.5. The van der Waals surface area contributed by atoms with Crippen molar-refractivity contribution in [1.29, 1.82) is 0 Å². The molecule has 2 heterocycles. The molecule has 1 fully saturated rings. The van der Waals surface area contributed by atoms with Crippen molar-refractivity contribution in [3.8, 4) is 0 Å². The van der Waals surface area contributed by atoms with Crippen LogP contribution in [0.1, 0.15) is 37.9 Å². The van der Waals surface area contributed by atoms with Gasteiger partial charge >= 0.3 is 0 Å². The third kappa shape index (κ3) is 3.80. The molecule has 0 aromatic carbocycles. The maximum atomic E-state index is 5.43. The monoisotopic (exact) mass is 260 g/mol. The maximum absolute atomic E-state index is 5.43. The first-order valence-corrected chi connectivity index (χ1v) is 7.33. The van der Waals surface area contributed by atoms with Crippen molar-refractivity contribution < 1.29 is 4.74 Å². The molecule has 3 heteroatoms. The fourth-order valence-corrected chi connectivity index (χ4v) is 2.41. The molecule has 104 valence electrons. The summed E-state index contributed by atoms with van der Waals surface area (Å²) >= 11 is 0. The van der Waals surface area contributed by atoms with Crippen LogP contribution >= 0.6 is 0 Å². The average molecular weight is 260 g/mol. The second-order valence-corrected chi connectivity index (χ2v) is 4.89. The van der Waals surface area contributed by atoms with Crippen LogP contribution in [-0.4, -0.2) is 36.2 Å². The lowest BCUT2D eigenvalue weighted by Gasteiger charge is -2.31. The molecule has 1 aliphatic heterocycles. The van der Waals surface area contributed by atoms with Crippen LogP contribution in [0.25, 0.3) is 5.70 Å². The predicted molar refractivity (Wildman–Crippen MR) is 78.9 cm³/mol. The SMILES string of the molecule is CC/C=C(/c1ccc(CCC)nc1)N1CCOCC1. The molecule has 0 aliphatic carbocycles. The lowest BCUT2D eigenvalue weighted by atomic mass is 10.1. The normalized spacial score (nSPS) is 16.7. The Morgan fingerprint density at radius 2 is 2.11 bits per heavy atom. The number of nitrogens with zero attached hydrogens (tertiary/aromatic N) is 2. The van der Waals surface area contributed by atoms with E-state index in [1.807, 2.05) is 6.20 Å². The Bertz CT molecular complexity index is 405. The van der Waals surface area contributed by atoms with Crippen LogP contribution in [0, 0.1) is 0 Å². The van der Waals surface area contributed by atoms with Gasteiger partial charge in [-0.1, -0.05) is 26.3 Å². The number of rotatable bonds is 5. The van der Waals surface area contributed by atoms with Gasteiger partial charge in [0.2, 0.25) is 0 Å². The van der Waals surface area contributed by atoms with Crippen molar-refractivity contribution in [3.63, 3.8) is 0 Å². The summed E-state index contributed by atoms with van der Waals surface area (Å²) in [5, 5.41) is 0. The zero-order valence-corrected chi connectivity index (χ0v) is 12.1. The maximum Gasteiger partial charge on any atom is 0.0642 e. The molecule has 1 aromatic rings. The van der Waals surface area contributed by atoms with Gasteiger partial charge in [0.25, 0.3) is 0 Å². The van der Waals surface area contributed by atoms with E-state index >= 15 is 0 Å². The van der Waals surface area contributed by atoms with Gasteiger partial charge in [0.1, 0.15) is 0 Å². The molecule has 0 saturated carbocycles. The molecular formula is C16H24N2O. The number of morpholine rings is 1. The standard InChI is InChI=1S/C16H24N2O/c1-3-5-15-8-7-14(13-17-15)16(6-4-2)18-9-11-19-12-10-18/h6-8,13H,3-5,9-12H2,1-2H3/b16-6-. The lowest BCUT2D eigenvalue weighted by molar-refractivity contribution is 0.0638. The van der Waals surface area contributed by atoms with E-state index in [4.69, 9.17) is 4.74 Å². The van der Waals surface area contributed by atoms with Crippen molar-refractivity contribution in [3.05, 3.63) is 35.7 Å². The molecule has 0 unspecified atom stereocenters. The summed E-state index contributed by atoms with van der Waals surface area (Å²) in [6.45, 7) is 7.96. The topological polar surface area (TPSA) is 25.4 Å². The number of aromatic nitrogens is 1. The fraction of sp³-hybridized carbons (Fsp3) is 0.562. The number of hydrogen-bond acceptors (Lipinski definition) is 3. The fourth-order valence-electron chi connectivity index (χ4n) is 2.41. The average Bonchev–Trinajstić information content (AvgIpc) is 2.47. The minimum absolute atomic E-state index is 0.822. The zero-order chi connectivity index (χ0) is 13.5. The third-order valence-corrected chi connectivity index (χ3v) is 3.38. The van der Waals surface area contributed by atoms with Gasteiger partial charge in [0, 0.05) is 36.2 Å². The van der Waals surface area contributed by atoms with E-state index < -0.39 is 0 Å². The van der Waals surface area contributed by atoms with Crippen molar-refractivity contribution in [2.75, 3.05) is 26.3 Å². The molecule has 0 spiro atoms. The van der Waals surface area contributed by atoms with E-state index in [0.29, 0.717) is 0 Å². The lowest BCUT2D eigenvalue weighted by Crippen LogP contribution is -2.35. The zero-order valence-electron chi connectivity index (χ0n) is 12.1. The van der Waals surface area contributed by atoms with Crippen LogP contribution in [0.5, 0.6) is 0 Å². The Morgan fingerprint density at radius 1 is 1.32 bits per heavy atom. The minimum Gasteiger partial charge on any atom is -0.378 e. The molecule has 2 rings (SSSR count). The highest BCUT2D eigenvalue weighted by Gasteiger charge is 2.15. The Labute approximate surface area is 116 Å². The van der Waals surface area contributed by atoms with Gasteiger partial charge in [-0.3, -0.25) is 4.98 Å². The molecule has 1 aromatic heterocycles. The van der Waals surface area contributed by atoms with E-state index in [1.165, 1.54) is 17.0 Å². The van der Waals surface area contributed by atoms with E-state index in [2.05, 4.69) is 41.9 Å². The van der Waals surface area contributed by atoms with Crippen LogP contribution in [0.4, 0.5) is 0 Å². The van der Waals surface area contributed by atoms with Crippen LogP contribution < -0.4 is 0 Å². The van der Waals surface area contributed by atoms with Gasteiger partial charge in [0.05, 0.1) is 13.2 Å². The second-order valence-electron chi connectivity index (χ2n) is 4.89. The Hall–Kier alpha value is -1.35. The second kappa shape index (κ2) is 7.29. The van der Waals surface area contributed by atoms with Gasteiger partial charge in [-0.05, 0) is 25.0 Å². The first kappa shape index (κ1) is 14.1. The van der Waals surface area contributed by atoms with Crippen LogP contribution in [0.2, 0.25) is 0 Å².